The van der Waals surface area contributed by atoms with Gasteiger partial charge in [0.25, 0.3) is 0 Å². The number of hydrogen-bond acceptors (Lipinski definition) is 2. The Kier molecular flexibility index (Phi) is 9.00. The van der Waals surface area contributed by atoms with Gasteiger partial charge >= 0.3 is 0 Å². The summed E-state index contributed by atoms with van der Waals surface area (Å²) < 4.78 is 0. The molecule has 0 aromatic carbocycles. The van der Waals surface area contributed by atoms with E-state index in [1.54, 1.807) is 0 Å². The zero-order valence-corrected chi connectivity index (χ0v) is 14.3. The van der Waals surface area contributed by atoms with Gasteiger partial charge in [0.15, 0.2) is 0 Å². The van der Waals surface area contributed by atoms with Crippen LogP contribution in [0.25, 0.3) is 0 Å². The highest BCUT2D eigenvalue weighted by molar-refractivity contribution is 5.93. The maximum Gasteiger partial charge on any atom is 0.209 e. The lowest BCUT2D eigenvalue weighted by atomic mass is 9.78. The third kappa shape index (κ3) is 9.28. The third-order valence-electron chi connectivity index (χ3n) is 3.68. The van der Waals surface area contributed by atoms with Gasteiger partial charge < -0.3 is 0 Å². The third-order valence-corrected chi connectivity index (χ3v) is 3.68. The lowest BCUT2D eigenvalue weighted by Crippen LogP contribution is -2.26. The van der Waals surface area contributed by atoms with Crippen molar-refractivity contribution in [2.45, 2.75) is 80.1 Å². The SMILES string of the molecule is CC(C)CCCCCC(=O)C([C]=O)C(C)CC(C)(C)C. The van der Waals surface area contributed by atoms with Crippen LogP contribution in [0.4, 0.5) is 0 Å². The fourth-order valence-corrected chi connectivity index (χ4v) is 2.77. The van der Waals surface area contributed by atoms with Crippen LogP contribution in [0.2, 0.25) is 0 Å². The molecule has 2 unspecified atom stereocenters. The number of carbonyl (C=O) groups excluding carboxylic acids is 2. The first-order chi connectivity index (χ1) is 9.17. The number of rotatable bonds is 10. The summed E-state index contributed by atoms with van der Waals surface area (Å²) in [6.45, 7) is 12.9. The van der Waals surface area contributed by atoms with Crippen LogP contribution in [0.5, 0.6) is 0 Å². The molecular weight excluding hydrogens is 248 g/mol. The van der Waals surface area contributed by atoms with E-state index in [0.717, 1.165) is 25.2 Å². The molecule has 20 heavy (non-hydrogen) atoms. The Hall–Kier alpha value is -0.660. The van der Waals surface area contributed by atoms with Crippen molar-refractivity contribution in [1.29, 1.82) is 0 Å². The predicted octanol–water partition coefficient (Wildman–Crippen LogP) is 4.96. The molecule has 0 saturated carbocycles. The summed E-state index contributed by atoms with van der Waals surface area (Å²) in [4.78, 5) is 23.2. The monoisotopic (exact) mass is 281 g/mol. The van der Waals surface area contributed by atoms with E-state index in [4.69, 9.17) is 0 Å². The first-order valence-corrected chi connectivity index (χ1v) is 8.07. The van der Waals surface area contributed by atoms with Crippen molar-refractivity contribution in [3.63, 3.8) is 0 Å². The van der Waals surface area contributed by atoms with E-state index in [0.29, 0.717) is 6.42 Å². The van der Waals surface area contributed by atoms with Crippen LogP contribution in [0.3, 0.4) is 0 Å². The maximum atomic E-state index is 12.1. The van der Waals surface area contributed by atoms with Crippen LogP contribution >= 0.6 is 0 Å². The summed E-state index contributed by atoms with van der Waals surface area (Å²) in [6, 6.07) is 0. The molecule has 2 atom stereocenters. The highest BCUT2D eigenvalue weighted by Gasteiger charge is 2.28. The van der Waals surface area contributed by atoms with Crippen molar-refractivity contribution in [2.75, 3.05) is 0 Å². The van der Waals surface area contributed by atoms with Crippen molar-refractivity contribution in [1.82, 2.24) is 0 Å². The van der Waals surface area contributed by atoms with E-state index in [9.17, 15) is 9.59 Å². The second-order valence-electron chi connectivity index (χ2n) is 7.80. The van der Waals surface area contributed by atoms with Crippen LogP contribution in [-0.4, -0.2) is 12.1 Å². The summed E-state index contributed by atoms with van der Waals surface area (Å²) in [7, 11) is 0. The van der Waals surface area contributed by atoms with Gasteiger partial charge in [0, 0.05) is 6.42 Å². The van der Waals surface area contributed by atoms with Gasteiger partial charge in [0.1, 0.15) is 5.78 Å². The molecule has 0 bridgehead atoms. The Balaban J connectivity index is 4.11. The van der Waals surface area contributed by atoms with Crippen LogP contribution in [0, 0.1) is 23.2 Å². The number of ketones is 1. The zero-order chi connectivity index (χ0) is 15.8. The largest absolute Gasteiger partial charge is 0.299 e. The highest BCUT2D eigenvalue weighted by atomic mass is 16.1. The maximum absolute atomic E-state index is 12.1. The first kappa shape index (κ1) is 19.3. The van der Waals surface area contributed by atoms with Crippen molar-refractivity contribution in [2.24, 2.45) is 23.2 Å². The van der Waals surface area contributed by atoms with Gasteiger partial charge in [-0.3, -0.25) is 9.59 Å². The lowest BCUT2D eigenvalue weighted by Gasteiger charge is -2.25. The fraction of sp³-hybridized carbons (Fsp3) is 0.889. The quantitative estimate of drug-likeness (QED) is 0.419. The first-order valence-electron chi connectivity index (χ1n) is 8.07. The second-order valence-corrected chi connectivity index (χ2v) is 7.80. The summed E-state index contributed by atoms with van der Waals surface area (Å²) in [6.07, 6.45) is 7.79. The molecule has 2 nitrogen and oxygen atoms in total. The summed E-state index contributed by atoms with van der Waals surface area (Å²) in [5.41, 5.74) is 0.145. The Morgan fingerprint density at radius 3 is 2.10 bits per heavy atom. The van der Waals surface area contributed by atoms with Gasteiger partial charge in [-0.1, -0.05) is 60.8 Å². The molecule has 0 N–H and O–H groups in total. The van der Waals surface area contributed by atoms with E-state index in [1.165, 1.54) is 12.8 Å². The minimum Gasteiger partial charge on any atom is -0.299 e. The Morgan fingerprint density at radius 2 is 1.65 bits per heavy atom. The van der Waals surface area contributed by atoms with E-state index >= 15 is 0 Å². The van der Waals surface area contributed by atoms with Crippen LogP contribution in [-0.2, 0) is 9.59 Å². The van der Waals surface area contributed by atoms with Crippen LogP contribution in [0.1, 0.15) is 80.1 Å². The second kappa shape index (κ2) is 9.31. The fourth-order valence-electron chi connectivity index (χ4n) is 2.77. The number of unbranched alkanes of at least 4 members (excludes halogenated alkanes) is 2. The summed E-state index contributed by atoms with van der Waals surface area (Å²) in [5.74, 6) is 0.379. The molecule has 117 valence electrons. The average molecular weight is 281 g/mol. The molecule has 0 aliphatic heterocycles. The molecular formula is C18H33O2. The molecule has 0 rings (SSSR count). The van der Waals surface area contributed by atoms with Gasteiger partial charge in [-0.15, -0.1) is 0 Å². The Bertz CT molecular complexity index is 286. The van der Waals surface area contributed by atoms with E-state index in [1.807, 2.05) is 13.2 Å². The van der Waals surface area contributed by atoms with Crippen molar-refractivity contribution >= 4 is 12.1 Å². The Morgan fingerprint density at radius 1 is 1.05 bits per heavy atom. The van der Waals surface area contributed by atoms with Gasteiger partial charge in [0.2, 0.25) is 6.29 Å². The molecule has 2 heteroatoms. The number of Topliss-reactive ketones (excluding diaryl/α,β-unsaturated/α-hetero) is 1. The average Bonchev–Trinajstić information content (AvgIpc) is 2.26. The van der Waals surface area contributed by atoms with Gasteiger partial charge in [-0.25, -0.2) is 0 Å². The standard InChI is InChI=1S/C18H33O2/c1-14(2)10-8-7-9-11-17(20)16(13-19)15(3)12-18(4,5)6/h14-16H,7-12H2,1-6H3. The molecule has 0 fully saturated rings. The molecule has 1 radical (unpaired) electrons. The molecule has 0 aromatic heterocycles. The highest BCUT2D eigenvalue weighted by Crippen LogP contribution is 2.29. The smallest absolute Gasteiger partial charge is 0.209 e. The lowest BCUT2D eigenvalue weighted by molar-refractivity contribution is -0.122. The molecule has 0 aliphatic rings. The molecule has 0 saturated heterocycles. The van der Waals surface area contributed by atoms with Gasteiger partial charge in [0.05, 0.1) is 5.92 Å². The van der Waals surface area contributed by atoms with E-state index in [2.05, 4.69) is 34.6 Å². The van der Waals surface area contributed by atoms with Crippen LogP contribution < -0.4 is 0 Å². The summed E-state index contributed by atoms with van der Waals surface area (Å²) in [5, 5.41) is 0. The van der Waals surface area contributed by atoms with Gasteiger partial charge in [-0.2, -0.15) is 0 Å². The van der Waals surface area contributed by atoms with Crippen molar-refractivity contribution in [3.05, 3.63) is 0 Å². The van der Waals surface area contributed by atoms with Crippen LogP contribution in [0.15, 0.2) is 0 Å². The summed E-state index contributed by atoms with van der Waals surface area (Å²) >= 11 is 0. The van der Waals surface area contributed by atoms with Gasteiger partial charge in [-0.05, 0) is 30.1 Å². The molecule has 0 amide bonds. The van der Waals surface area contributed by atoms with Crippen molar-refractivity contribution in [3.8, 4) is 0 Å². The number of hydrogen-bond donors (Lipinski definition) is 0. The molecule has 0 aromatic rings. The van der Waals surface area contributed by atoms with Crippen molar-refractivity contribution < 1.29 is 9.59 Å². The van der Waals surface area contributed by atoms with E-state index < -0.39 is 5.92 Å². The predicted molar refractivity (Wildman–Crippen MR) is 85.3 cm³/mol. The molecule has 0 heterocycles. The minimum absolute atomic E-state index is 0.0845. The normalized spacial score (nSPS) is 15.2. The number of carbonyl (C=O) groups is 1. The Labute approximate surface area is 125 Å². The minimum atomic E-state index is -0.528. The van der Waals surface area contributed by atoms with E-state index in [-0.39, 0.29) is 17.1 Å². The topological polar surface area (TPSA) is 34.1 Å². The molecule has 0 aliphatic carbocycles. The molecule has 0 spiro atoms. The zero-order valence-electron chi connectivity index (χ0n) is 14.3.